The number of oxazole rings is 1. The number of sulfonamides is 1. The molecule has 3 N–H and O–H groups in total. The Morgan fingerprint density at radius 1 is 1.27 bits per heavy atom. The molecule has 0 unspecified atom stereocenters. The fraction of sp³-hybridized carbons (Fsp3) is 0. The number of fused-ring (bicyclic) bond motifs is 1. The molecule has 2 aromatic carbocycles. The highest BCUT2D eigenvalue weighted by Gasteiger charge is 2.16. The van der Waals surface area contributed by atoms with E-state index in [9.17, 15) is 28.4 Å². The summed E-state index contributed by atoms with van der Waals surface area (Å²) in [7, 11) is -4.05. The number of phenolic OH excluding ortho intramolecular Hbond substituents is 1. The van der Waals surface area contributed by atoms with Crippen molar-refractivity contribution in [2.75, 3.05) is 0 Å². The van der Waals surface area contributed by atoms with Crippen molar-refractivity contribution in [2.45, 2.75) is 4.90 Å². The Bertz CT molecular complexity index is 1190. The van der Waals surface area contributed by atoms with E-state index in [-0.39, 0.29) is 16.0 Å². The molecular weight excluding hydrogens is 368 g/mol. The molecule has 0 amide bonds. The molecule has 0 radical (unpaired) electrons. The lowest BCUT2D eigenvalue weighted by molar-refractivity contribution is -0.385. The third kappa shape index (κ3) is 3.39. The summed E-state index contributed by atoms with van der Waals surface area (Å²) in [5.74, 6) is -1.23. The van der Waals surface area contributed by atoms with Gasteiger partial charge in [0.25, 0.3) is 10.0 Å². The van der Waals surface area contributed by atoms with Crippen LogP contribution in [0.3, 0.4) is 0 Å². The summed E-state index contributed by atoms with van der Waals surface area (Å²) in [6.07, 6.45) is 1.04. The second-order valence-electron chi connectivity index (χ2n) is 5.03. The Labute approximate surface area is 144 Å². The van der Waals surface area contributed by atoms with Gasteiger partial charge in [0.05, 0.1) is 21.6 Å². The lowest BCUT2D eigenvalue weighted by Gasteiger charge is -2.03. The molecule has 11 nitrogen and oxygen atoms in total. The van der Waals surface area contributed by atoms with Gasteiger partial charge in [0.2, 0.25) is 0 Å². The maximum absolute atomic E-state index is 12.2. The summed E-state index contributed by atoms with van der Waals surface area (Å²) in [4.78, 5) is 25.2. The number of hydrazone groups is 1. The molecule has 3 aromatic rings. The lowest BCUT2D eigenvalue weighted by Crippen LogP contribution is -2.18. The van der Waals surface area contributed by atoms with Gasteiger partial charge in [-0.25, -0.2) is 9.63 Å². The number of nitrogens with zero attached hydrogens (tertiary/aromatic N) is 2. The standard InChI is InChI=1S/C14H10N4O7S/c19-12-4-1-8(5-11(12)18(21)22)7-15-17-26(23,24)9-2-3-10-13(6-9)25-14(20)16-10/h1-7,17,19H,(H,16,20)/b15-7+. The van der Waals surface area contributed by atoms with Crippen LogP contribution in [-0.2, 0) is 10.0 Å². The number of phenols is 1. The molecule has 3 rings (SSSR count). The number of aromatic nitrogens is 1. The maximum Gasteiger partial charge on any atom is 0.417 e. The average molecular weight is 378 g/mol. The van der Waals surface area contributed by atoms with Gasteiger partial charge >= 0.3 is 11.4 Å². The molecule has 1 aromatic heterocycles. The van der Waals surface area contributed by atoms with Crippen molar-refractivity contribution in [1.82, 2.24) is 9.82 Å². The van der Waals surface area contributed by atoms with Crippen molar-refractivity contribution in [1.29, 1.82) is 0 Å². The van der Waals surface area contributed by atoms with Gasteiger partial charge in [0.15, 0.2) is 11.3 Å². The van der Waals surface area contributed by atoms with E-state index in [4.69, 9.17) is 4.42 Å². The molecule has 12 heteroatoms. The number of nitrogens with one attached hydrogen (secondary N) is 2. The van der Waals surface area contributed by atoms with E-state index in [1.807, 2.05) is 4.83 Å². The highest BCUT2D eigenvalue weighted by Crippen LogP contribution is 2.25. The molecule has 1 heterocycles. The molecule has 0 bridgehead atoms. The predicted octanol–water partition coefficient (Wildman–Crippen LogP) is 1.05. The van der Waals surface area contributed by atoms with Crippen LogP contribution in [0.2, 0.25) is 0 Å². The predicted molar refractivity (Wildman–Crippen MR) is 89.5 cm³/mol. The number of rotatable bonds is 5. The largest absolute Gasteiger partial charge is 0.502 e. The molecule has 0 spiro atoms. The molecule has 0 aliphatic heterocycles. The highest BCUT2D eigenvalue weighted by molar-refractivity contribution is 7.89. The van der Waals surface area contributed by atoms with Crippen molar-refractivity contribution < 1.29 is 22.9 Å². The summed E-state index contributed by atoms with van der Waals surface area (Å²) in [6.45, 7) is 0. The molecule has 0 atom stereocenters. The second kappa shape index (κ2) is 6.33. The van der Waals surface area contributed by atoms with Gasteiger partial charge in [0, 0.05) is 17.7 Å². The van der Waals surface area contributed by atoms with E-state index >= 15 is 0 Å². The molecule has 0 saturated heterocycles. The van der Waals surface area contributed by atoms with Gasteiger partial charge in [0.1, 0.15) is 0 Å². The quantitative estimate of drug-likeness (QED) is 0.338. The molecule has 0 saturated carbocycles. The molecule has 0 aliphatic carbocycles. The van der Waals surface area contributed by atoms with Crippen LogP contribution in [0.25, 0.3) is 11.1 Å². The summed E-state index contributed by atoms with van der Waals surface area (Å²) in [6, 6.07) is 7.21. The van der Waals surface area contributed by atoms with E-state index in [1.165, 1.54) is 18.2 Å². The summed E-state index contributed by atoms with van der Waals surface area (Å²) in [5, 5.41) is 23.7. The smallest absolute Gasteiger partial charge is 0.417 e. The molecular formula is C14H10N4O7S. The number of nitro groups is 1. The van der Waals surface area contributed by atoms with Crippen molar-refractivity contribution in [3.63, 3.8) is 0 Å². The van der Waals surface area contributed by atoms with Crippen molar-refractivity contribution >= 4 is 33.0 Å². The van der Waals surface area contributed by atoms with Crippen molar-refractivity contribution in [3.8, 4) is 5.75 Å². The van der Waals surface area contributed by atoms with Gasteiger partial charge in [-0.15, -0.1) is 0 Å². The highest BCUT2D eigenvalue weighted by atomic mass is 32.2. The van der Waals surface area contributed by atoms with Gasteiger partial charge < -0.3 is 9.52 Å². The van der Waals surface area contributed by atoms with E-state index in [0.717, 1.165) is 24.4 Å². The van der Waals surface area contributed by atoms with Gasteiger partial charge in [-0.2, -0.15) is 13.5 Å². The van der Waals surface area contributed by atoms with Crippen molar-refractivity contribution in [3.05, 3.63) is 62.6 Å². The Balaban J connectivity index is 1.83. The SMILES string of the molecule is O=c1[nH]c2ccc(S(=O)(=O)N/N=C/c3ccc(O)c([N+](=O)[O-])c3)cc2o1. The third-order valence-electron chi connectivity index (χ3n) is 3.29. The van der Waals surface area contributed by atoms with Gasteiger partial charge in [-0.3, -0.25) is 15.1 Å². The molecule has 0 aliphatic rings. The number of aromatic amines is 1. The van der Waals surface area contributed by atoms with E-state index in [0.29, 0.717) is 5.52 Å². The van der Waals surface area contributed by atoms with E-state index in [1.54, 1.807) is 0 Å². The minimum atomic E-state index is -4.05. The zero-order valence-electron chi connectivity index (χ0n) is 12.7. The zero-order valence-corrected chi connectivity index (χ0v) is 13.6. The van der Waals surface area contributed by atoms with Gasteiger partial charge in [-0.05, 0) is 24.3 Å². The lowest BCUT2D eigenvalue weighted by atomic mass is 10.2. The number of hydrogen-bond donors (Lipinski definition) is 3. The maximum atomic E-state index is 12.2. The fourth-order valence-electron chi connectivity index (χ4n) is 2.08. The minimum Gasteiger partial charge on any atom is -0.502 e. The van der Waals surface area contributed by atoms with E-state index in [2.05, 4.69) is 10.1 Å². The minimum absolute atomic E-state index is 0.0658. The van der Waals surface area contributed by atoms with Crippen LogP contribution in [-0.4, -0.2) is 29.6 Å². The monoisotopic (exact) mass is 378 g/mol. The first-order valence-electron chi connectivity index (χ1n) is 6.91. The van der Waals surface area contributed by atoms with Crippen LogP contribution >= 0.6 is 0 Å². The topological polar surface area (TPSA) is 168 Å². The number of nitro benzene ring substituents is 1. The zero-order chi connectivity index (χ0) is 18.9. The van der Waals surface area contributed by atoms with Gasteiger partial charge in [-0.1, -0.05) is 0 Å². The summed E-state index contributed by atoms with van der Waals surface area (Å²) >= 11 is 0. The Morgan fingerprint density at radius 3 is 2.77 bits per heavy atom. The average Bonchev–Trinajstić information content (AvgIpc) is 2.95. The first-order chi connectivity index (χ1) is 12.3. The van der Waals surface area contributed by atoms with Crippen LogP contribution < -0.4 is 10.6 Å². The van der Waals surface area contributed by atoms with Crippen LogP contribution in [0.4, 0.5) is 5.69 Å². The number of benzene rings is 2. The number of hydrogen-bond acceptors (Lipinski definition) is 8. The molecule has 0 fully saturated rings. The van der Waals surface area contributed by atoms with Crippen LogP contribution in [0.5, 0.6) is 5.75 Å². The Kier molecular flexibility index (Phi) is 4.18. The molecule has 26 heavy (non-hydrogen) atoms. The number of aromatic hydroxyl groups is 1. The first-order valence-corrected chi connectivity index (χ1v) is 8.40. The Morgan fingerprint density at radius 2 is 2.04 bits per heavy atom. The summed E-state index contributed by atoms with van der Waals surface area (Å²) in [5.41, 5.74) is 0.0684. The number of H-pyrrole nitrogens is 1. The van der Waals surface area contributed by atoms with Crippen molar-refractivity contribution in [2.24, 2.45) is 5.10 Å². The fourth-order valence-corrected chi connectivity index (χ4v) is 2.89. The van der Waals surface area contributed by atoms with Crippen LogP contribution in [0, 0.1) is 10.1 Å². The molecule has 134 valence electrons. The van der Waals surface area contributed by atoms with Crippen LogP contribution in [0.15, 0.2) is 55.6 Å². The summed E-state index contributed by atoms with van der Waals surface area (Å²) < 4.78 is 29.2. The van der Waals surface area contributed by atoms with E-state index < -0.39 is 32.1 Å². The third-order valence-corrected chi connectivity index (χ3v) is 4.51. The second-order valence-corrected chi connectivity index (χ2v) is 6.69. The van der Waals surface area contributed by atoms with Crippen LogP contribution in [0.1, 0.15) is 5.56 Å². The Hall–Kier alpha value is -3.67. The first kappa shape index (κ1) is 17.2. The normalized spacial score (nSPS) is 11.8.